The van der Waals surface area contributed by atoms with Gasteiger partial charge < -0.3 is 10.5 Å². The van der Waals surface area contributed by atoms with Gasteiger partial charge >= 0.3 is 5.97 Å². The Morgan fingerprint density at radius 3 is 2.82 bits per heavy atom. The first-order valence-corrected chi connectivity index (χ1v) is 7.21. The van der Waals surface area contributed by atoms with Crippen LogP contribution in [0.5, 0.6) is 0 Å². The number of thiazole rings is 1. The average molecular weight is 313 g/mol. The number of nitrogen functional groups attached to an aromatic ring is 1. The lowest BCUT2D eigenvalue weighted by atomic mass is 10.4. The Kier molecular flexibility index (Phi) is 4.01. The highest BCUT2D eigenvalue weighted by atomic mass is 32.1. The maximum atomic E-state index is 11.9. The Labute approximate surface area is 129 Å². The van der Waals surface area contributed by atoms with Crippen molar-refractivity contribution < 1.29 is 9.53 Å². The lowest BCUT2D eigenvalue weighted by molar-refractivity contribution is 0.0462. The van der Waals surface area contributed by atoms with Crippen LogP contribution in [-0.4, -0.2) is 25.9 Å². The Morgan fingerprint density at radius 2 is 2.05 bits per heavy atom. The van der Waals surface area contributed by atoms with E-state index in [-0.39, 0.29) is 18.1 Å². The van der Waals surface area contributed by atoms with Crippen LogP contribution >= 0.6 is 11.3 Å². The van der Waals surface area contributed by atoms with Gasteiger partial charge in [0.25, 0.3) is 0 Å². The summed E-state index contributed by atoms with van der Waals surface area (Å²) in [5, 5.41) is 2.59. The normalized spacial score (nSPS) is 10.4. The zero-order valence-corrected chi connectivity index (χ0v) is 12.2. The zero-order valence-electron chi connectivity index (χ0n) is 11.3. The Balaban J connectivity index is 1.67. The molecule has 0 aliphatic carbocycles. The number of carbonyl (C=O) groups is 1. The molecule has 0 aliphatic heterocycles. The molecule has 0 fully saturated rings. The largest absolute Gasteiger partial charge is 0.454 e. The van der Waals surface area contributed by atoms with Gasteiger partial charge in [0, 0.05) is 24.0 Å². The van der Waals surface area contributed by atoms with Gasteiger partial charge in [0.1, 0.15) is 11.6 Å². The number of rotatable bonds is 4. The standard InChI is InChI=1S/C14H11N5O2S/c15-12-11(17-5-6-18-12)14(20)21-7-9-8-22-13(19-9)10-3-1-2-4-16-10/h1-6,8H,7H2,(H2,15,18). The summed E-state index contributed by atoms with van der Waals surface area (Å²) in [6.07, 6.45) is 4.49. The van der Waals surface area contributed by atoms with E-state index in [1.54, 1.807) is 6.20 Å². The molecule has 7 nitrogen and oxygen atoms in total. The summed E-state index contributed by atoms with van der Waals surface area (Å²) >= 11 is 1.44. The van der Waals surface area contributed by atoms with Gasteiger partial charge in [-0.2, -0.15) is 0 Å². The van der Waals surface area contributed by atoms with Crippen molar-refractivity contribution in [3.05, 3.63) is 53.6 Å². The van der Waals surface area contributed by atoms with Crippen molar-refractivity contribution in [2.75, 3.05) is 5.73 Å². The van der Waals surface area contributed by atoms with E-state index in [0.29, 0.717) is 5.69 Å². The van der Waals surface area contributed by atoms with E-state index in [0.717, 1.165) is 10.7 Å². The summed E-state index contributed by atoms with van der Waals surface area (Å²) in [5.41, 5.74) is 7.00. The van der Waals surface area contributed by atoms with Crippen molar-refractivity contribution >= 4 is 23.1 Å². The van der Waals surface area contributed by atoms with Crippen LogP contribution in [-0.2, 0) is 11.3 Å². The van der Waals surface area contributed by atoms with Gasteiger partial charge in [-0.1, -0.05) is 6.07 Å². The van der Waals surface area contributed by atoms with Crippen LogP contribution in [0.15, 0.2) is 42.2 Å². The molecule has 0 spiro atoms. The highest BCUT2D eigenvalue weighted by molar-refractivity contribution is 7.13. The number of hydrogen-bond donors (Lipinski definition) is 1. The molecule has 0 atom stereocenters. The van der Waals surface area contributed by atoms with Crippen molar-refractivity contribution in [1.82, 2.24) is 19.9 Å². The third kappa shape index (κ3) is 3.07. The first-order chi connectivity index (χ1) is 10.7. The summed E-state index contributed by atoms with van der Waals surface area (Å²) in [5.74, 6) is -0.585. The molecule has 0 bridgehead atoms. The van der Waals surface area contributed by atoms with Crippen molar-refractivity contribution in [3.8, 4) is 10.7 Å². The van der Waals surface area contributed by atoms with Crippen molar-refractivity contribution in [2.45, 2.75) is 6.61 Å². The van der Waals surface area contributed by atoms with Gasteiger partial charge in [0.05, 0.1) is 11.4 Å². The van der Waals surface area contributed by atoms with Crippen LogP contribution in [0.1, 0.15) is 16.2 Å². The first-order valence-electron chi connectivity index (χ1n) is 6.33. The van der Waals surface area contributed by atoms with Crippen LogP contribution < -0.4 is 5.73 Å². The second-order valence-electron chi connectivity index (χ2n) is 4.23. The first kappa shape index (κ1) is 14.1. The molecular weight excluding hydrogens is 302 g/mol. The summed E-state index contributed by atoms with van der Waals surface area (Å²) < 4.78 is 5.15. The summed E-state index contributed by atoms with van der Waals surface area (Å²) in [6, 6.07) is 5.60. The summed E-state index contributed by atoms with van der Waals surface area (Å²) in [6.45, 7) is 0.0399. The van der Waals surface area contributed by atoms with E-state index in [2.05, 4.69) is 19.9 Å². The van der Waals surface area contributed by atoms with E-state index in [9.17, 15) is 4.79 Å². The third-order valence-electron chi connectivity index (χ3n) is 2.71. The zero-order chi connectivity index (χ0) is 15.4. The molecule has 0 aliphatic rings. The SMILES string of the molecule is Nc1nccnc1C(=O)OCc1csc(-c2ccccn2)n1. The summed E-state index contributed by atoms with van der Waals surface area (Å²) in [7, 11) is 0. The number of anilines is 1. The van der Waals surface area contributed by atoms with Crippen LogP contribution in [0, 0.1) is 0 Å². The number of ether oxygens (including phenoxy) is 1. The minimum absolute atomic E-state index is 0.00248. The molecule has 0 unspecified atom stereocenters. The molecule has 22 heavy (non-hydrogen) atoms. The van der Waals surface area contributed by atoms with Crippen molar-refractivity contribution in [1.29, 1.82) is 0 Å². The maximum Gasteiger partial charge on any atom is 0.361 e. The minimum Gasteiger partial charge on any atom is -0.454 e. The lowest BCUT2D eigenvalue weighted by Gasteiger charge is -2.03. The molecule has 0 saturated heterocycles. The molecule has 8 heteroatoms. The van der Waals surface area contributed by atoms with Crippen molar-refractivity contribution in [2.24, 2.45) is 0 Å². The molecule has 0 aromatic carbocycles. The monoisotopic (exact) mass is 313 g/mol. The fraction of sp³-hybridized carbons (Fsp3) is 0.0714. The van der Waals surface area contributed by atoms with E-state index in [1.165, 1.54) is 23.7 Å². The van der Waals surface area contributed by atoms with Gasteiger partial charge in [-0.05, 0) is 12.1 Å². The predicted octanol–water partition coefficient (Wildman–Crippen LogP) is 1.93. The molecule has 3 aromatic rings. The molecule has 0 radical (unpaired) electrons. The minimum atomic E-state index is -0.627. The Bertz CT molecular complexity index is 791. The molecule has 110 valence electrons. The summed E-state index contributed by atoms with van der Waals surface area (Å²) in [4.78, 5) is 28.1. The third-order valence-corrected chi connectivity index (χ3v) is 3.62. The van der Waals surface area contributed by atoms with E-state index in [4.69, 9.17) is 10.5 Å². The fourth-order valence-corrected chi connectivity index (χ4v) is 2.47. The van der Waals surface area contributed by atoms with Crippen LogP contribution in [0.4, 0.5) is 5.82 Å². The number of esters is 1. The maximum absolute atomic E-state index is 11.9. The highest BCUT2D eigenvalue weighted by Gasteiger charge is 2.14. The fourth-order valence-electron chi connectivity index (χ4n) is 1.69. The van der Waals surface area contributed by atoms with Gasteiger partial charge in [-0.15, -0.1) is 11.3 Å². The van der Waals surface area contributed by atoms with E-state index >= 15 is 0 Å². The van der Waals surface area contributed by atoms with Gasteiger partial charge in [0.2, 0.25) is 0 Å². The molecule has 0 amide bonds. The van der Waals surface area contributed by atoms with Gasteiger partial charge in [0.15, 0.2) is 11.5 Å². The van der Waals surface area contributed by atoms with E-state index in [1.807, 2.05) is 23.6 Å². The number of aromatic nitrogens is 4. The quantitative estimate of drug-likeness (QED) is 0.734. The molecular formula is C14H11N5O2S. The number of nitrogens with zero attached hydrogens (tertiary/aromatic N) is 4. The Hall–Kier alpha value is -2.87. The number of pyridine rings is 1. The second-order valence-corrected chi connectivity index (χ2v) is 5.08. The highest BCUT2D eigenvalue weighted by Crippen LogP contribution is 2.21. The van der Waals surface area contributed by atoms with Crippen molar-refractivity contribution in [3.63, 3.8) is 0 Å². The lowest BCUT2D eigenvalue weighted by Crippen LogP contribution is -2.11. The van der Waals surface area contributed by atoms with Crippen LogP contribution in [0.2, 0.25) is 0 Å². The second kappa shape index (κ2) is 6.27. The molecule has 0 saturated carbocycles. The number of carbonyl (C=O) groups excluding carboxylic acids is 1. The predicted molar refractivity (Wildman–Crippen MR) is 80.9 cm³/mol. The van der Waals surface area contributed by atoms with E-state index < -0.39 is 5.97 Å². The molecule has 2 N–H and O–H groups in total. The van der Waals surface area contributed by atoms with Gasteiger partial charge in [-0.3, -0.25) is 4.98 Å². The molecule has 3 rings (SSSR count). The smallest absolute Gasteiger partial charge is 0.361 e. The van der Waals surface area contributed by atoms with Crippen LogP contribution in [0.25, 0.3) is 10.7 Å². The number of nitrogens with two attached hydrogens (primary N) is 1. The Morgan fingerprint density at radius 1 is 1.18 bits per heavy atom. The molecule has 3 heterocycles. The average Bonchev–Trinajstić information content (AvgIpc) is 3.03. The number of hydrogen-bond acceptors (Lipinski definition) is 8. The molecule has 3 aromatic heterocycles. The topological polar surface area (TPSA) is 104 Å². The van der Waals surface area contributed by atoms with Gasteiger partial charge in [-0.25, -0.2) is 19.7 Å². The van der Waals surface area contributed by atoms with Crippen LogP contribution in [0.3, 0.4) is 0 Å².